The molecule has 0 N–H and O–H groups in total. The Bertz CT molecular complexity index is 426. The van der Waals surface area contributed by atoms with Gasteiger partial charge in [-0.2, -0.15) is 0 Å². The molecule has 3 atom stereocenters. The number of hydrogen-bond acceptors (Lipinski definition) is 7. The maximum absolute atomic E-state index is 12.0. The van der Waals surface area contributed by atoms with Crippen molar-refractivity contribution in [1.82, 2.24) is 0 Å². The Labute approximate surface area is 143 Å². The van der Waals surface area contributed by atoms with Crippen LogP contribution in [0, 0.1) is 17.8 Å². The van der Waals surface area contributed by atoms with Crippen molar-refractivity contribution in [3.05, 3.63) is 0 Å². The number of esters is 3. The number of ether oxygens (including phenoxy) is 4. The zero-order valence-electron chi connectivity index (χ0n) is 15.2. The SMILES string of the molecule is CC(C)C(=O)OC1[C@@H](OC(=O)C(C)C)COC[C@H]1OC(=O)C(C)C. The van der Waals surface area contributed by atoms with Gasteiger partial charge in [-0.3, -0.25) is 14.4 Å². The molecule has 0 amide bonds. The lowest BCUT2D eigenvalue weighted by Crippen LogP contribution is -2.54. The highest BCUT2D eigenvalue weighted by molar-refractivity contribution is 5.73. The lowest BCUT2D eigenvalue weighted by molar-refractivity contribution is -0.214. The van der Waals surface area contributed by atoms with E-state index < -0.39 is 36.2 Å². The minimum atomic E-state index is -0.876. The Morgan fingerprint density at radius 3 is 1.38 bits per heavy atom. The van der Waals surface area contributed by atoms with E-state index in [1.807, 2.05) is 0 Å². The Morgan fingerprint density at radius 2 is 1.04 bits per heavy atom. The van der Waals surface area contributed by atoms with Crippen molar-refractivity contribution in [2.45, 2.75) is 59.9 Å². The fourth-order valence-corrected chi connectivity index (χ4v) is 1.92. The molecule has 1 saturated heterocycles. The number of rotatable bonds is 6. The predicted molar refractivity (Wildman–Crippen MR) is 85.0 cm³/mol. The van der Waals surface area contributed by atoms with E-state index in [4.69, 9.17) is 18.9 Å². The minimum absolute atomic E-state index is 0.0875. The highest BCUT2D eigenvalue weighted by Crippen LogP contribution is 2.22. The van der Waals surface area contributed by atoms with Crippen LogP contribution in [0.15, 0.2) is 0 Å². The van der Waals surface area contributed by atoms with Gasteiger partial charge in [0.2, 0.25) is 0 Å². The zero-order valence-corrected chi connectivity index (χ0v) is 15.2. The van der Waals surface area contributed by atoms with Gasteiger partial charge in [-0.25, -0.2) is 0 Å². The van der Waals surface area contributed by atoms with Gasteiger partial charge >= 0.3 is 17.9 Å². The summed E-state index contributed by atoms with van der Waals surface area (Å²) in [5.74, 6) is -2.31. The smallest absolute Gasteiger partial charge is 0.308 e. The summed E-state index contributed by atoms with van der Waals surface area (Å²) in [5.41, 5.74) is 0. The number of carbonyl (C=O) groups is 3. The average Bonchev–Trinajstić information content (AvgIpc) is 2.49. The maximum Gasteiger partial charge on any atom is 0.308 e. The predicted octanol–water partition coefficient (Wildman–Crippen LogP) is 1.72. The highest BCUT2D eigenvalue weighted by Gasteiger charge is 2.42. The standard InChI is InChI=1S/C17H28O7/c1-9(2)15(18)22-12-7-21-8-13(23-16(19)10(3)4)14(12)24-17(20)11(5)6/h9-14H,7-8H2,1-6H3/t12-,13+,14?. The third kappa shape index (κ3) is 5.78. The van der Waals surface area contributed by atoms with Crippen molar-refractivity contribution >= 4 is 17.9 Å². The molecular formula is C17H28O7. The summed E-state index contributed by atoms with van der Waals surface area (Å²) < 4.78 is 21.6. The molecular weight excluding hydrogens is 316 g/mol. The first-order valence-corrected chi connectivity index (χ1v) is 8.32. The van der Waals surface area contributed by atoms with Crippen LogP contribution in [0.25, 0.3) is 0 Å². The molecule has 1 aliphatic rings. The van der Waals surface area contributed by atoms with Gasteiger partial charge in [0.25, 0.3) is 0 Å². The van der Waals surface area contributed by atoms with Crippen LogP contribution >= 0.6 is 0 Å². The van der Waals surface area contributed by atoms with E-state index in [1.165, 1.54) is 0 Å². The first-order chi connectivity index (χ1) is 11.1. The molecule has 0 saturated carbocycles. The molecule has 0 aromatic heterocycles. The molecule has 0 aromatic rings. The fraction of sp³-hybridized carbons (Fsp3) is 0.824. The Balaban J connectivity index is 2.92. The quantitative estimate of drug-likeness (QED) is 0.535. The lowest BCUT2D eigenvalue weighted by Gasteiger charge is -2.37. The van der Waals surface area contributed by atoms with Crippen molar-refractivity contribution in [3.8, 4) is 0 Å². The van der Waals surface area contributed by atoms with Crippen LogP contribution in [0.4, 0.5) is 0 Å². The molecule has 24 heavy (non-hydrogen) atoms. The van der Waals surface area contributed by atoms with Crippen LogP contribution in [0.3, 0.4) is 0 Å². The summed E-state index contributed by atoms with van der Waals surface area (Å²) in [6.07, 6.45) is -2.48. The maximum atomic E-state index is 12.0. The molecule has 7 nitrogen and oxygen atoms in total. The molecule has 138 valence electrons. The van der Waals surface area contributed by atoms with Crippen LogP contribution < -0.4 is 0 Å². The molecule has 0 bridgehead atoms. The molecule has 0 radical (unpaired) electrons. The number of carbonyl (C=O) groups excluding carboxylic acids is 3. The summed E-state index contributed by atoms with van der Waals surface area (Å²) in [5, 5.41) is 0. The third-order valence-electron chi connectivity index (χ3n) is 3.50. The van der Waals surface area contributed by atoms with Gasteiger partial charge in [0.15, 0.2) is 18.3 Å². The number of hydrogen-bond donors (Lipinski definition) is 0. The van der Waals surface area contributed by atoms with Crippen LogP contribution in [0.2, 0.25) is 0 Å². The van der Waals surface area contributed by atoms with Crippen molar-refractivity contribution < 1.29 is 33.3 Å². The van der Waals surface area contributed by atoms with Crippen molar-refractivity contribution in [2.24, 2.45) is 17.8 Å². The Kier molecular flexibility index (Phi) is 7.66. The molecule has 1 aliphatic heterocycles. The molecule has 1 unspecified atom stereocenters. The van der Waals surface area contributed by atoms with Gasteiger partial charge in [0.1, 0.15) is 0 Å². The minimum Gasteiger partial charge on any atom is -0.456 e. The van der Waals surface area contributed by atoms with Gasteiger partial charge in [-0.05, 0) is 0 Å². The van der Waals surface area contributed by atoms with E-state index in [9.17, 15) is 14.4 Å². The van der Waals surface area contributed by atoms with Crippen LogP contribution in [0.5, 0.6) is 0 Å². The van der Waals surface area contributed by atoms with Crippen molar-refractivity contribution in [3.63, 3.8) is 0 Å². The molecule has 1 rings (SSSR count). The summed E-state index contributed by atoms with van der Waals surface area (Å²) in [4.78, 5) is 35.8. The van der Waals surface area contributed by atoms with Crippen molar-refractivity contribution in [1.29, 1.82) is 0 Å². The van der Waals surface area contributed by atoms with E-state index in [2.05, 4.69) is 0 Å². The Hall–Kier alpha value is -1.63. The van der Waals surface area contributed by atoms with Crippen LogP contribution in [0.1, 0.15) is 41.5 Å². The second-order valence-corrected chi connectivity index (χ2v) is 6.85. The topological polar surface area (TPSA) is 88.1 Å². The third-order valence-corrected chi connectivity index (χ3v) is 3.50. The van der Waals surface area contributed by atoms with Crippen molar-refractivity contribution in [2.75, 3.05) is 13.2 Å². The molecule has 7 heteroatoms. The van der Waals surface area contributed by atoms with Crippen LogP contribution in [-0.2, 0) is 33.3 Å². The zero-order chi connectivity index (χ0) is 18.4. The highest BCUT2D eigenvalue weighted by atomic mass is 16.6. The van der Waals surface area contributed by atoms with Gasteiger partial charge in [0, 0.05) is 0 Å². The summed E-state index contributed by atoms with van der Waals surface area (Å²) >= 11 is 0. The first-order valence-electron chi connectivity index (χ1n) is 8.32. The summed E-state index contributed by atoms with van der Waals surface area (Å²) in [6.45, 7) is 10.4. The average molecular weight is 344 g/mol. The Morgan fingerprint density at radius 1 is 0.708 bits per heavy atom. The van der Waals surface area contributed by atoms with E-state index in [1.54, 1.807) is 41.5 Å². The lowest BCUT2D eigenvalue weighted by atomic mass is 10.0. The first kappa shape index (κ1) is 20.4. The van der Waals surface area contributed by atoms with E-state index in [0.717, 1.165) is 0 Å². The van der Waals surface area contributed by atoms with Gasteiger partial charge < -0.3 is 18.9 Å². The van der Waals surface area contributed by atoms with Gasteiger partial charge in [-0.15, -0.1) is 0 Å². The van der Waals surface area contributed by atoms with E-state index >= 15 is 0 Å². The van der Waals surface area contributed by atoms with Gasteiger partial charge in [0.05, 0.1) is 31.0 Å². The van der Waals surface area contributed by atoms with E-state index in [-0.39, 0.29) is 31.0 Å². The fourth-order valence-electron chi connectivity index (χ4n) is 1.92. The normalized spacial score (nSPS) is 24.1. The molecule has 0 spiro atoms. The van der Waals surface area contributed by atoms with Gasteiger partial charge in [-0.1, -0.05) is 41.5 Å². The summed E-state index contributed by atoms with van der Waals surface area (Å²) in [7, 11) is 0. The summed E-state index contributed by atoms with van der Waals surface area (Å²) in [6, 6.07) is 0. The second-order valence-electron chi connectivity index (χ2n) is 6.85. The monoisotopic (exact) mass is 344 g/mol. The largest absolute Gasteiger partial charge is 0.456 e. The second kappa shape index (κ2) is 9.01. The molecule has 0 aromatic carbocycles. The molecule has 1 heterocycles. The molecule has 1 fully saturated rings. The van der Waals surface area contributed by atoms with Crippen LogP contribution in [-0.4, -0.2) is 49.4 Å². The molecule has 0 aliphatic carbocycles. The van der Waals surface area contributed by atoms with E-state index in [0.29, 0.717) is 0 Å².